The van der Waals surface area contributed by atoms with Gasteiger partial charge in [-0.15, -0.1) is 11.3 Å². The Morgan fingerprint density at radius 1 is 1.69 bits per heavy atom. The quantitative estimate of drug-likeness (QED) is 0.816. The lowest BCUT2D eigenvalue weighted by molar-refractivity contribution is 0.0508. The Morgan fingerprint density at radius 2 is 2.50 bits per heavy atom. The van der Waals surface area contributed by atoms with E-state index < -0.39 is 5.97 Å². The van der Waals surface area contributed by atoms with Crippen molar-refractivity contribution >= 4 is 33.2 Å². The molecule has 16 heavy (non-hydrogen) atoms. The second kappa shape index (κ2) is 4.75. The van der Waals surface area contributed by atoms with Crippen molar-refractivity contribution in [3.63, 3.8) is 0 Å². The number of hydrogen-bond donors (Lipinski definition) is 0. The van der Waals surface area contributed by atoms with Crippen LogP contribution >= 0.6 is 27.3 Å². The average Bonchev–Trinajstić information content (AvgIpc) is 2.86. The van der Waals surface area contributed by atoms with Gasteiger partial charge in [-0.3, -0.25) is 0 Å². The summed E-state index contributed by atoms with van der Waals surface area (Å²) in [4.78, 5) is 15.3. The zero-order valence-electron chi connectivity index (χ0n) is 8.27. The Kier molecular flexibility index (Phi) is 3.35. The van der Waals surface area contributed by atoms with Gasteiger partial charge in [-0.25, -0.2) is 4.79 Å². The molecular formula is C9H7BrN2O3S. The maximum absolute atomic E-state index is 11.3. The Bertz CT molecular complexity index is 508. The van der Waals surface area contributed by atoms with Crippen LogP contribution in [0.3, 0.4) is 0 Å². The van der Waals surface area contributed by atoms with Gasteiger partial charge in [0.1, 0.15) is 0 Å². The van der Waals surface area contributed by atoms with E-state index in [0.29, 0.717) is 5.89 Å². The molecule has 0 saturated carbocycles. The summed E-state index contributed by atoms with van der Waals surface area (Å²) in [5, 5.41) is 5.44. The average molecular weight is 303 g/mol. The van der Waals surface area contributed by atoms with Crippen LogP contribution in [-0.2, 0) is 4.74 Å². The maximum atomic E-state index is 11.3. The number of hydrogen-bond acceptors (Lipinski definition) is 6. The molecule has 0 aromatic carbocycles. The van der Waals surface area contributed by atoms with E-state index in [1.165, 1.54) is 11.3 Å². The predicted molar refractivity (Wildman–Crippen MR) is 61.3 cm³/mol. The summed E-state index contributed by atoms with van der Waals surface area (Å²) in [6.07, 6.45) is 0. The Labute approximate surface area is 104 Å². The van der Waals surface area contributed by atoms with E-state index in [1.54, 1.807) is 6.92 Å². The molecule has 0 N–H and O–H groups in total. The molecule has 0 spiro atoms. The molecule has 0 fully saturated rings. The van der Waals surface area contributed by atoms with Gasteiger partial charge in [-0.05, 0) is 39.5 Å². The molecule has 2 aromatic rings. The number of esters is 1. The van der Waals surface area contributed by atoms with Crippen molar-refractivity contribution in [1.29, 1.82) is 0 Å². The lowest BCUT2D eigenvalue weighted by atomic mass is 10.3. The monoisotopic (exact) mass is 302 g/mol. The smallest absolute Gasteiger partial charge is 0.379 e. The van der Waals surface area contributed by atoms with Gasteiger partial charge in [0.25, 0.3) is 11.7 Å². The summed E-state index contributed by atoms with van der Waals surface area (Å²) in [6.45, 7) is 2.00. The molecule has 0 aliphatic rings. The van der Waals surface area contributed by atoms with Crippen LogP contribution in [0, 0.1) is 0 Å². The fraction of sp³-hybridized carbons (Fsp3) is 0.222. The molecule has 0 radical (unpaired) electrons. The van der Waals surface area contributed by atoms with Crippen molar-refractivity contribution in [2.24, 2.45) is 0 Å². The number of aromatic nitrogens is 2. The molecule has 0 atom stereocenters. The van der Waals surface area contributed by atoms with Crippen LogP contribution in [0.5, 0.6) is 0 Å². The largest absolute Gasteiger partial charge is 0.460 e. The summed E-state index contributed by atoms with van der Waals surface area (Å²) in [7, 11) is 0. The Morgan fingerprint density at radius 3 is 3.12 bits per heavy atom. The number of rotatable bonds is 3. The molecule has 0 unspecified atom stereocenters. The molecule has 0 saturated heterocycles. The molecule has 0 aliphatic carbocycles. The van der Waals surface area contributed by atoms with Crippen LogP contribution < -0.4 is 0 Å². The highest BCUT2D eigenvalue weighted by Gasteiger charge is 2.18. The third kappa shape index (κ3) is 2.14. The first-order valence-electron chi connectivity index (χ1n) is 4.46. The van der Waals surface area contributed by atoms with Crippen LogP contribution in [0.25, 0.3) is 11.5 Å². The molecule has 0 amide bonds. The first kappa shape index (κ1) is 11.3. The van der Waals surface area contributed by atoms with Gasteiger partial charge in [0.15, 0.2) is 0 Å². The highest BCUT2D eigenvalue weighted by molar-refractivity contribution is 9.11. The second-order valence-corrected chi connectivity index (χ2v) is 4.99. The van der Waals surface area contributed by atoms with Crippen LogP contribution in [0.1, 0.15) is 17.5 Å². The summed E-state index contributed by atoms with van der Waals surface area (Å²) < 4.78 is 10.6. The van der Waals surface area contributed by atoms with E-state index in [4.69, 9.17) is 9.26 Å². The number of carbonyl (C=O) groups is 1. The van der Waals surface area contributed by atoms with E-state index in [9.17, 15) is 4.79 Å². The molecular weight excluding hydrogens is 296 g/mol. The number of ether oxygens (including phenoxy) is 1. The van der Waals surface area contributed by atoms with Crippen molar-refractivity contribution in [2.75, 3.05) is 6.61 Å². The molecule has 5 nitrogen and oxygen atoms in total. The van der Waals surface area contributed by atoms with Gasteiger partial charge in [0.05, 0.1) is 16.0 Å². The van der Waals surface area contributed by atoms with Gasteiger partial charge >= 0.3 is 5.97 Å². The van der Waals surface area contributed by atoms with Crippen LogP contribution in [-0.4, -0.2) is 22.7 Å². The van der Waals surface area contributed by atoms with Crippen molar-refractivity contribution in [2.45, 2.75) is 6.92 Å². The van der Waals surface area contributed by atoms with Crippen molar-refractivity contribution in [1.82, 2.24) is 10.1 Å². The molecule has 0 aliphatic heterocycles. The minimum atomic E-state index is -0.580. The van der Waals surface area contributed by atoms with Gasteiger partial charge in [0.2, 0.25) is 0 Å². The normalized spacial score (nSPS) is 10.4. The second-order valence-electron chi connectivity index (χ2n) is 2.75. The van der Waals surface area contributed by atoms with Gasteiger partial charge in [-0.2, -0.15) is 4.98 Å². The topological polar surface area (TPSA) is 65.2 Å². The highest BCUT2D eigenvalue weighted by Crippen LogP contribution is 2.31. The predicted octanol–water partition coefficient (Wildman–Crippen LogP) is 2.74. The van der Waals surface area contributed by atoms with E-state index in [1.807, 2.05) is 11.4 Å². The third-order valence-electron chi connectivity index (χ3n) is 1.73. The molecule has 0 bridgehead atoms. The zero-order chi connectivity index (χ0) is 11.5. The number of thiophene rings is 1. The fourth-order valence-corrected chi connectivity index (χ4v) is 2.29. The van der Waals surface area contributed by atoms with Gasteiger partial charge < -0.3 is 9.26 Å². The summed E-state index contributed by atoms with van der Waals surface area (Å²) in [5.41, 5.74) is 0.771. The van der Waals surface area contributed by atoms with Crippen molar-refractivity contribution in [3.05, 3.63) is 21.1 Å². The summed E-state index contributed by atoms with van der Waals surface area (Å²) in [6, 6.07) is 1.83. The van der Waals surface area contributed by atoms with Crippen LogP contribution in [0.2, 0.25) is 0 Å². The van der Waals surface area contributed by atoms with Gasteiger partial charge in [0, 0.05) is 0 Å². The van der Waals surface area contributed by atoms with Crippen LogP contribution in [0.4, 0.5) is 0 Å². The Balaban J connectivity index is 2.26. The highest BCUT2D eigenvalue weighted by atomic mass is 79.9. The van der Waals surface area contributed by atoms with E-state index in [-0.39, 0.29) is 12.4 Å². The number of nitrogens with zero attached hydrogens (tertiary/aromatic N) is 2. The standard InChI is InChI=1S/C9H7BrN2O3S/c1-2-14-9(13)7-11-8(15-12-7)5-3-4-16-6(5)10/h3-4H,2H2,1H3. The molecule has 2 heterocycles. The molecule has 7 heteroatoms. The zero-order valence-corrected chi connectivity index (χ0v) is 10.7. The lowest BCUT2D eigenvalue weighted by Crippen LogP contribution is -2.06. The number of carbonyl (C=O) groups excluding carboxylic acids is 1. The maximum Gasteiger partial charge on any atom is 0.379 e. The Hall–Kier alpha value is -1.21. The minimum Gasteiger partial charge on any atom is -0.460 e. The van der Waals surface area contributed by atoms with Gasteiger partial charge in [-0.1, -0.05) is 0 Å². The molecule has 84 valence electrons. The molecule has 2 aromatic heterocycles. The van der Waals surface area contributed by atoms with E-state index in [2.05, 4.69) is 26.1 Å². The fourth-order valence-electron chi connectivity index (χ4n) is 1.06. The first-order chi connectivity index (χ1) is 7.72. The van der Waals surface area contributed by atoms with E-state index in [0.717, 1.165) is 9.35 Å². The third-order valence-corrected chi connectivity index (χ3v) is 3.42. The SMILES string of the molecule is CCOC(=O)c1noc(-c2ccsc2Br)n1. The summed E-state index contributed by atoms with van der Waals surface area (Å²) >= 11 is 4.85. The van der Waals surface area contributed by atoms with Crippen molar-refractivity contribution in [3.8, 4) is 11.5 Å². The minimum absolute atomic E-state index is 0.0602. The lowest BCUT2D eigenvalue weighted by Gasteiger charge is -1.93. The van der Waals surface area contributed by atoms with E-state index >= 15 is 0 Å². The number of halogens is 1. The van der Waals surface area contributed by atoms with Crippen LogP contribution in [0.15, 0.2) is 19.8 Å². The van der Waals surface area contributed by atoms with Crippen molar-refractivity contribution < 1.29 is 14.1 Å². The molecule has 2 rings (SSSR count). The summed E-state index contributed by atoms with van der Waals surface area (Å²) in [5.74, 6) is -0.338. The first-order valence-corrected chi connectivity index (χ1v) is 6.14.